The van der Waals surface area contributed by atoms with E-state index in [9.17, 15) is 4.79 Å². The number of rotatable bonds is 5. The normalized spacial score (nSPS) is 10.6. The second-order valence-corrected chi connectivity index (χ2v) is 3.96. The Morgan fingerprint density at radius 1 is 1.56 bits per heavy atom. The molecule has 0 atom stereocenters. The van der Waals surface area contributed by atoms with Crippen LogP contribution in [0.5, 0.6) is 0 Å². The van der Waals surface area contributed by atoms with E-state index in [1.165, 1.54) is 0 Å². The molecule has 0 aromatic carbocycles. The molecule has 1 amide bonds. The summed E-state index contributed by atoms with van der Waals surface area (Å²) in [5.41, 5.74) is 0. The summed E-state index contributed by atoms with van der Waals surface area (Å²) in [4.78, 5) is 13.0. The number of hydrogen-bond donors (Lipinski definition) is 1. The third-order valence-electron chi connectivity index (χ3n) is 1.73. The van der Waals surface area contributed by atoms with Crippen LogP contribution in [0.4, 0.5) is 6.01 Å². The van der Waals surface area contributed by atoms with Crippen LogP contribution in [-0.2, 0) is 10.7 Å². The van der Waals surface area contributed by atoms with E-state index >= 15 is 0 Å². The number of carbonyl (C=O) groups excluding carboxylic acids is 1. The van der Waals surface area contributed by atoms with E-state index in [0.717, 1.165) is 0 Å². The molecule has 0 bridgehead atoms. The fourth-order valence-corrected chi connectivity index (χ4v) is 1.21. The predicted octanol–water partition coefficient (Wildman–Crippen LogP) is 0.769. The van der Waals surface area contributed by atoms with Crippen molar-refractivity contribution < 1.29 is 9.21 Å². The van der Waals surface area contributed by atoms with Crippen molar-refractivity contribution >= 4 is 23.5 Å². The second-order valence-electron chi connectivity index (χ2n) is 3.69. The molecular weight excluding hydrogens is 232 g/mol. The van der Waals surface area contributed by atoms with Gasteiger partial charge in [-0.1, -0.05) is 5.10 Å². The molecule has 0 aliphatic rings. The Hall–Kier alpha value is -1.30. The van der Waals surface area contributed by atoms with Crippen LogP contribution in [0, 0.1) is 0 Å². The summed E-state index contributed by atoms with van der Waals surface area (Å²) in [5.74, 6) is 0.412. The molecular formula is C9H15ClN4O2. The molecule has 0 aliphatic carbocycles. The first-order valence-electron chi connectivity index (χ1n) is 4.91. The number of halogens is 1. The van der Waals surface area contributed by atoms with Crippen molar-refractivity contribution in [2.75, 3.05) is 18.5 Å². The van der Waals surface area contributed by atoms with Gasteiger partial charge in [0.05, 0.1) is 0 Å². The number of hydrogen-bond acceptors (Lipinski definition) is 5. The lowest BCUT2D eigenvalue weighted by Crippen LogP contribution is -2.38. The molecule has 0 spiro atoms. The van der Waals surface area contributed by atoms with E-state index in [0.29, 0.717) is 5.89 Å². The van der Waals surface area contributed by atoms with Crippen molar-refractivity contribution in [1.29, 1.82) is 0 Å². The molecule has 90 valence electrons. The van der Waals surface area contributed by atoms with Gasteiger partial charge in [-0.2, -0.15) is 0 Å². The molecule has 1 aromatic heterocycles. The predicted molar refractivity (Wildman–Crippen MR) is 60.4 cm³/mol. The van der Waals surface area contributed by atoms with E-state index in [-0.39, 0.29) is 30.4 Å². The summed E-state index contributed by atoms with van der Waals surface area (Å²) in [6.45, 7) is 3.97. The van der Waals surface area contributed by atoms with Crippen LogP contribution in [-0.4, -0.2) is 35.7 Å². The summed E-state index contributed by atoms with van der Waals surface area (Å²) < 4.78 is 5.19. The van der Waals surface area contributed by atoms with E-state index < -0.39 is 0 Å². The van der Waals surface area contributed by atoms with Gasteiger partial charge in [0.15, 0.2) is 0 Å². The molecule has 16 heavy (non-hydrogen) atoms. The summed E-state index contributed by atoms with van der Waals surface area (Å²) in [6, 6.07) is 0.400. The molecule has 0 fully saturated rings. The number of aromatic nitrogens is 2. The Morgan fingerprint density at radius 3 is 2.75 bits per heavy atom. The van der Waals surface area contributed by atoms with Crippen molar-refractivity contribution in [3.8, 4) is 0 Å². The van der Waals surface area contributed by atoms with Gasteiger partial charge in [0.2, 0.25) is 11.8 Å². The molecule has 0 saturated carbocycles. The van der Waals surface area contributed by atoms with Gasteiger partial charge in [-0.3, -0.25) is 4.79 Å². The number of anilines is 1. The topological polar surface area (TPSA) is 71.3 Å². The number of amides is 1. The summed E-state index contributed by atoms with van der Waals surface area (Å²) in [7, 11) is 1.70. The minimum absolute atomic E-state index is 0.0943. The van der Waals surface area contributed by atoms with E-state index in [4.69, 9.17) is 16.0 Å². The van der Waals surface area contributed by atoms with Gasteiger partial charge in [-0.25, -0.2) is 0 Å². The van der Waals surface area contributed by atoms with E-state index in [1.807, 2.05) is 13.8 Å². The van der Waals surface area contributed by atoms with Gasteiger partial charge in [-0.05, 0) is 13.8 Å². The largest absolute Gasteiger partial charge is 0.407 e. The van der Waals surface area contributed by atoms with Crippen LogP contribution in [0.25, 0.3) is 0 Å². The fraction of sp³-hybridized carbons (Fsp3) is 0.667. The Balaban J connectivity index is 2.51. The quantitative estimate of drug-likeness (QED) is 0.777. The minimum Gasteiger partial charge on any atom is -0.407 e. The number of alkyl halides is 1. The molecule has 0 aliphatic heterocycles. The van der Waals surface area contributed by atoms with Crippen molar-refractivity contribution in [2.45, 2.75) is 25.8 Å². The minimum atomic E-state index is -0.0943. The van der Waals surface area contributed by atoms with Gasteiger partial charge in [0.25, 0.3) is 0 Å². The maximum atomic E-state index is 11.4. The Kier molecular flexibility index (Phi) is 4.54. The third kappa shape index (κ3) is 3.69. The first kappa shape index (κ1) is 12.8. The molecule has 0 unspecified atom stereocenters. The maximum Gasteiger partial charge on any atom is 0.318 e. The summed E-state index contributed by atoms with van der Waals surface area (Å²) >= 11 is 5.53. The van der Waals surface area contributed by atoms with Gasteiger partial charge < -0.3 is 14.6 Å². The average molecular weight is 247 g/mol. The molecule has 1 N–H and O–H groups in total. The number of likely N-dealkylation sites (N-methyl/N-ethyl adjacent to an activating group) is 1. The Labute approximate surface area is 99.0 Å². The SMILES string of the molecule is CC(C)NC(=O)CN(C)c1nnc(CCl)o1. The first-order valence-corrected chi connectivity index (χ1v) is 5.45. The van der Waals surface area contributed by atoms with Gasteiger partial charge in [0.1, 0.15) is 12.4 Å². The summed E-state index contributed by atoms with van der Waals surface area (Å²) in [5, 5.41) is 10.2. The van der Waals surface area contributed by atoms with Crippen LogP contribution in [0.1, 0.15) is 19.7 Å². The molecule has 1 aromatic rings. The molecule has 1 heterocycles. The van der Waals surface area contributed by atoms with Gasteiger partial charge in [-0.15, -0.1) is 16.7 Å². The zero-order valence-electron chi connectivity index (χ0n) is 9.53. The molecule has 7 heteroatoms. The zero-order valence-corrected chi connectivity index (χ0v) is 10.3. The van der Waals surface area contributed by atoms with Crippen LogP contribution < -0.4 is 10.2 Å². The number of nitrogens with zero attached hydrogens (tertiary/aromatic N) is 3. The highest BCUT2D eigenvalue weighted by Crippen LogP contribution is 2.11. The smallest absolute Gasteiger partial charge is 0.318 e. The first-order chi connectivity index (χ1) is 7.52. The molecule has 6 nitrogen and oxygen atoms in total. The Bertz CT molecular complexity index is 353. The molecule has 0 saturated heterocycles. The third-order valence-corrected chi connectivity index (χ3v) is 1.96. The standard InChI is InChI=1S/C9H15ClN4O2/c1-6(2)11-7(15)5-14(3)9-13-12-8(4-10)16-9/h6H,4-5H2,1-3H3,(H,11,15). The number of carbonyl (C=O) groups is 1. The van der Waals surface area contributed by atoms with Crippen molar-refractivity contribution in [2.24, 2.45) is 0 Å². The Morgan fingerprint density at radius 2 is 2.25 bits per heavy atom. The molecule has 0 radical (unpaired) electrons. The van der Waals surface area contributed by atoms with Crippen molar-refractivity contribution in [3.63, 3.8) is 0 Å². The van der Waals surface area contributed by atoms with Crippen LogP contribution >= 0.6 is 11.6 Å². The highest BCUT2D eigenvalue weighted by atomic mass is 35.5. The highest BCUT2D eigenvalue weighted by molar-refractivity contribution is 6.16. The van der Waals surface area contributed by atoms with Crippen LogP contribution in [0.3, 0.4) is 0 Å². The second kappa shape index (κ2) is 5.69. The van der Waals surface area contributed by atoms with Crippen LogP contribution in [0.15, 0.2) is 4.42 Å². The average Bonchev–Trinajstić information content (AvgIpc) is 2.64. The van der Waals surface area contributed by atoms with Crippen molar-refractivity contribution in [1.82, 2.24) is 15.5 Å². The monoisotopic (exact) mass is 246 g/mol. The maximum absolute atomic E-state index is 11.4. The summed E-state index contributed by atoms with van der Waals surface area (Å²) in [6.07, 6.45) is 0. The molecule has 1 rings (SSSR count). The van der Waals surface area contributed by atoms with E-state index in [2.05, 4.69) is 15.5 Å². The fourth-order valence-electron chi connectivity index (χ4n) is 1.10. The van der Waals surface area contributed by atoms with Crippen molar-refractivity contribution in [3.05, 3.63) is 5.89 Å². The lowest BCUT2D eigenvalue weighted by Gasteiger charge is -2.14. The lowest BCUT2D eigenvalue weighted by atomic mass is 10.4. The van der Waals surface area contributed by atoms with E-state index in [1.54, 1.807) is 11.9 Å². The highest BCUT2D eigenvalue weighted by Gasteiger charge is 2.13. The van der Waals surface area contributed by atoms with Gasteiger partial charge in [0, 0.05) is 13.1 Å². The van der Waals surface area contributed by atoms with Crippen LogP contribution in [0.2, 0.25) is 0 Å². The van der Waals surface area contributed by atoms with Gasteiger partial charge >= 0.3 is 6.01 Å². The zero-order chi connectivity index (χ0) is 12.1. The lowest BCUT2D eigenvalue weighted by molar-refractivity contribution is -0.120. The number of nitrogens with one attached hydrogen (secondary N) is 1.